The maximum atomic E-state index is 12.5. The molecule has 1 amide bonds. The third-order valence-corrected chi connectivity index (χ3v) is 5.52. The lowest BCUT2D eigenvalue weighted by molar-refractivity contribution is -0.139. The largest absolute Gasteiger partial charge is 0.479 e. The second kappa shape index (κ2) is 7.98. The summed E-state index contributed by atoms with van der Waals surface area (Å²) >= 11 is 0. The number of nitrogen functional groups attached to an aromatic ring is 1. The molecule has 2 rings (SSSR count). The number of benzene rings is 2. The molecular formula is C17H19N3O5S. The van der Waals surface area contributed by atoms with Crippen molar-refractivity contribution in [3.8, 4) is 0 Å². The predicted molar refractivity (Wildman–Crippen MR) is 95.7 cm³/mol. The molecule has 2 aromatic rings. The van der Waals surface area contributed by atoms with Crippen molar-refractivity contribution in [1.82, 2.24) is 5.32 Å². The number of hydrogen-bond donors (Lipinski definition) is 4. The fourth-order valence-electron chi connectivity index (χ4n) is 2.26. The van der Waals surface area contributed by atoms with Gasteiger partial charge in [-0.25, -0.2) is 13.2 Å². The fraction of sp³-hybridized carbons (Fsp3) is 0.176. The average Bonchev–Trinajstić information content (AvgIpc) is 2.60. The van der Waals surface area contributed by atoms with E-state index in [2.05, 4.69) is 0 Å². The number of hydrogen-bond acceptors (Lipinski definition) is 6. The molecule has 0 radical (unpaired) electrons. The van der Waals surface area contributed by atoms with Crippen molar-refractivity contribution >= 4 is 27.4 Å². The molecule has 8 nitrogen and oxygen atoms in total. The number of carbonyl (C=O) groups excluding carboxylic acids is 1. The molecule has 0 aliphatic rings. The molecule has 6 N–H and O–H groups in total. The van der Waals surface area contributed by atoms with Gasteiger partial charge in [0.15, 0.2) is 0 Å². The first-order valence-electron chi connectivity index (χ1n) is 7.64. The second-order valence-corrected chi connectivity index (χ2v) is 7.67. The minimum absolute atomic E-state index is 0.140. The number of carboxylic acid groups (broad SMARTS) is 1. The van der Waals surface area contributed by atoms with Crippen LogP contribution in [0.4, 0.5) is 5.69 Å². The van der Waals surface area contributed by atoms with Gasteiger partial charge in [-0.15, -0.1) is 0 Å². The van der Waals surface area contributed by atoms with Crippen LogP contribution in [-0.4, -0.2) is 36.8 Å². The topological polar surface area (TPSA) is 153 Å². The average molecular weight is 377 g/mol. The van der Waals surface area contributed by atoms with Crippen molar-refractivity contribution in [3.63, 3.8) is 0 Å². The van der Waals surface area contributed by atoms with Crippen LogP contribution in [0.5, 0.6) is 0 Å². The number of carbonyl (C=O) groups is 2. The first-order valence-corrected chi connectivity index (χ1v) is 9.18. The summed E-state index contributed by atoms with van der Waals surface area (Å²) in [5.74, 6) is -2.58. The lowest BCUT2D eigenvalue weighted by Gasteiger charge is -2.18. The molecule has 0 fully saturated rings. The minimum Gasteiger partial charge on any atom is -0.479 e. The highest BCUT2D eigenvalue weighted by Crippen LogP contribution is 2.17. The molecule has 0 bridgehead atoms. The molecule has 138 valence electrons. The van der Waals surface area contributed by atoms with Gasteiger partial charge in [0.1, 0.15) is 0 Å². The third kappa shape index (κ3) is 4.58. The van der Waals surface area contributed by atoms with Crippen LogP contribution in [0.25, 0.3) is 0 Å². The molecule has 0 heterocycles. The number of anilines is 1. The predicted octanol–water partition coefficient (Wildman–Crippen LogP) is 0.139. The minimum atomic E-state index is -4.36. The van der Waals surface area contributed by atoms with Crippen molar-refractivity contribution in [3.05, 3.63) is 60.2 Å². The summed E-state index contributed by atoms with van der Waals surface area (Å²) in [6.45, 7) is 0. The molecule has 9 heteroatoms. The summed E-state index contributed by atoms with van der Waals surface area (Å²) in [7, 11) is -4.36. The zero-order valence-electron chi connectivity index (χ0n) is 13.7. The van der Waals surface area contributed by atoms with E-state index >= 15 is 0 Å². The van der Waals surface area contributed by atoms with Gasteiger partial charge in [0.05, 0.1) is 10.9 Å². The molecule has 2 aromatic carbocycles. The standard InChI is InChI=1S/C17H19N3O5S/c18-12-6-8-13(9-7-12)26(24,25)16(17(22)23)20-15(21)14(19)10-11-4-2-1-3-5-11/h1-9,14,16H,10,18-19H2,(H,20,21)(H,22,23)/t14-,16-/m0/s1. The molecule has 0 saturated heterocycles. The maximum absolute atomic E-state index is 12.5. The van der Waals surface area contributed by atoms with Crippen molar-refractivity contribution < 1.29 is 23.1 Å². The molecule has 2 atom stereocenters. The van der Waals surface area contributed by atoms with Gasteiger partial charge in [-0.1, -0.05) is 30.3 Å². The molecule has 0 aliphatic heterocycles. The summed E-state index contributed by atoms with van der Waals surface area (Å²) in [4.78, 5) is 23.4. The van der Waals surface area contributed by atoms with Crippen LogP contribution in [0.2, 0.25) is 0 Å². The van der Waals surface area contributed by atoms with E-state index in [1.165, 1.54) is 24.3 Å². The Morgan fingerprint density at radius 2 is 1.62 bits per heavy atom. The van der Waals surface area contributed by atoms with Gasteiger partial charge in [0, 0.05) is 5.69 Å². The summed E-state index contributed by atoms with van der Waals surface area (Å²) in [6, 6.07) is 12.8. The zero-order valence-corrected chi connectivity index (χ0v) is 14.5. The Morgan fingerprint density at radius 3 is 2.15 bits per heavy atom. The van der Waals surface area contributed by atoms with Crippen molar-refractivity contribution in [2.75, 3.05) is 5.73 Å². The first-order chi connectivity index (χ1) is 12.2. The number of rotatable bonds is 7. The molecule has 0 spiro atoms. The van der Waals surface area contributed by atoms with Crippen LogP contribution in [-0.2, 0) is 25.8 Å². The number of carboxylic acids is 1. The van der Waals surface area contributed by atoms with Gasteiger partial charge in [0.2, 0.25) is 21.1 Å². The van der Waals surface area contributed by atoms with E-state index in [0.29, 0.717) is 5.69 Å². The van der Waals surface area contributed by atoms with Crippen molar-refractivity contribution in [2.24, 2.45) is 5.73 Å². The summed E-state index contributed by atoms with van der Waals surface area (Å²) in [5, 5.41) is 9.14. The Bertz CT molecular complexity index is 882. The van der Waals surface area contributed by atoms with Crippen LogP contribution >= 0.6 is 0 Å². The monoisotopic (exact) mass is 377 g/mol. The second-order valence-electron chi connectivity index (χ2n) is 5.64. The summed E-state index contributed by atoms with van der Waals surface area (Å²) < 4.78 is 25.0. The van der Waals surface area contributed by atoms with Crippen LogP contribution in [0.1, 0.15) is 5.56 Å². The first kappa shape index (κ1) is 19.4. The zero-order chi connectivity index (χ0) is 19.3. The number of nitrogens with two attached hydrogens (primary N) is 2. The Kier molecular flexibility index (Phi) is 5.96. The molecule has 0 saturated carbocycles. The third-order valence-electron chi connectivity index (χ3n) is 3.65. The van der Waals surface area contributed by atoms with Gasteiger partial charge >= 0.3 is 5.97 Å². The van der Waals surface area contributed by atoms with Crippen molar-refractivity contribution in [1.29, 1.82) is 0 Å². The van der Waals surface area contributed by atoms with Gasteiger partial charge in [-0.3, -0.25) is 4.79 Å². The maximum Gasteiger partial charge on any atom is 0.342 e. The van der Waals surface area contributed by atoms with Crippen LogP contribution in [0.15, 0.2) is 59.5 Å². The van der Waals surface area contributed by atoms with E-state index < -0.39 is 33.1 Å². The molecular weight excluding hydrogens is 358 g/mol. The molecule has 0 aliphatic carbocycles. The van der Waals surface area contributed by atoms with E-state index in [1.54, 1.807) is 30.3 Å². The lowest BCUT2D eigenvalue weighted by Crippen LogP contribution is -2.52. The van der Waals surface area contributed by atoms with Gasteiger partial charge in [-0.2, -0.15) is 0 Å². The normalized spacial score (nSPS) is 13.6. The molecule has 26 heavy (non-hydrogen) atoms. The van der Waals surface area contributed by atoms with E-state index in [9.17, 15) is 23.1 Å². The SMILES string of the molecule is Nc1ccc(S(=O)(=O)[C@H](NC(=O)[C@@H](N)Cc2ccccc2)C(=O)O)cc1. The fourth-order valence-corrected chi connectivity index (χ4v) is 3.59. The Balaban J connectivity index is 2.18. The van der Waals surface area contributed by atoms with Crippen LogP contribution in [0.3, 0.4) is 0 Å². The Hall–Kier alpha value is -2.91. The van der Waals surface area contributed by atoms with E-state index in [-0.39, 0.29) is 11.3 Å². The number of aliphatic carboxylic acids is 1. The lowest BCUT2D eigenvalue weighted by atomic mass is 10.1. The smallest absolute Gasteiger partial charge is 0.342 e. The van der Waals surface area contributed by atoms with Crippen molar-refractivity contribution in [2.45, 2.75) is 22.7 Å². The number of sulfone groups is 1. The summed E-state index contributed by atoms with van der Waals surface area (Å²) in [5.41, 5.74) is 12.4. The number of nitrogens with one attached hydrogen (secondary N) is 1. The van der Waals surface area contributed by atoms with Gasteiger partial charge < -0.3 is 21.9 Å². The molecule has 0 unspecified atom stereocenters. The summed E-state index contributed by atoms with van der Waals surface area (Å²) in [6.07, 6.45) is 0.140. The molecule has 0 aromatic heterocycles. The van der Waals surface area contributed by atoms with Crippen LogP contribution in [0, 0.1) is 0 Å². The Labute approximate surface area is 150 Å². The van der Waals surface area contributed by atoms with E-state index in [4.69, 9.17) is 11.5 Å². The van der Waals surface area contributed by atoms with E-state index in [0.717, 1.165) is 5.56 Å². The van der Waals surface area contributed by atoms with Crippen LogP contribution < -0.4 is 16.8 Å². The highest BCUT2D eigenvalue weighted by atomic mass is 32.2. The van der Waals surface area contributed by atoms with Gasteiger partial charge in [0.25, 0.3) is 0 Å². The highest BCUT2D eigenvalue weighted by molar-refractivity contribution is 7.92. The van der Waals surface area contributed by atoms with Gasteiger partial charge in [-0.05, 0) is 36.2 Å². The highest BCUT2D eigenvalue weighted by Gasteiger charge is 2.36. The number of amides is 1. The Morgan fingerprint density at radius 1 is 1.04 bits per heavy atom. The van der Waals surface area contributed by atoms with E-state index in [1.807, 2.05) is 5.32 Å². The quantitative estimate of drug-likeness (QED) is 0.501.